The van der Waals surface area contributed by atoms with E-state index >= 15 is 0 Å². The van der Waals surface area contributed by atoms with Crippen LogP contribution in [0.3, 0.4) is 0 Å². The van der Waals surface area contributed by atoms with Crippen LogP contribution < -0.4 is 0 Å². The molecule has 0 heterocycles. The second kappa shape index (κ2) is 23.6. The van der Waals surface area contributed by atoms with E-state index in [0.717, 1.165) is 0 Å². The standard InChI is InChI=1S/CH3.HPS.U/c;1-2;/h1H3;1H;/q-1;;. The number of hydrogen-bond donors (Lipinski definition) is 0. The van der Waals surface area contributed by atoms with Crippen molar-refractivity contribution in [2.24, 2.45) is 0 Å². The Morgan fingerprint density at radius 2 is 1.25 bits per heavy atom. The van der Waals surface area contributed by atoms with Crippen LogP contribution in [0.15, 0.2) is 0 Å². The molecule has 24 valence electrons. The summed E-state index contributed by atoms with van der Waals surface area (Å²) in [6, 6.07) is 0. The summed E-state index contributed by atoms with van der Waals surface area (Å²) < 4.78 is 0. The summed E-state index contributed by atoms with van der Waals surface area (Å²) in [7, 11) is 2.56. The summed E-state index contributed by atoms with van der Waals surface area (Å²) in [5.74, 6) is 0. The van der Waals surface area contributed by atoms with Crippen LogP contribution in [-0.4, -0.2) is 0 Å². The van der Waals surface area contributed by atoms with Crippen LogP contribution in [0.4, 0.5) is 0 Å². The van der Waals surface area contributed by atoms with Crippen LogP contribution in [0.2, 0.25) is 0 Å². The molecule has 4 heavy (non-hydrogen) atoms. The third kappa shape index (κ3) is 9.56. The molecule has 0 radical (unpaired) electrons. The van der Waals surface area contributed by atoms with Crippen molar-refractivity contribution in [1.29, 1.82) is 0 Å². The molecular formula is CH4PSU-. The monoisotopic (exact) mass is 317 g/mol. The van der Waals surface area contributed by atoms with Crippen LogP contribution in [0.1, 0.15) is 0 Å². The largest absolute Gasteiger partial charge is 0.358 e. The van der Waals surface area contributed by atoms with Gasteiger partial charge < -0.3 is 7.43 Å². The van der Waals surface area contributed by atoms with Crippen LogP contribution in [0.5, 0.6) is 0 Å². The first-order valence-corrected chi connectivity index (χ1v) is 1.84. The molecule has 0 aliphatic heterocycles. The van der Waals surface area contributed by atoms with Crippen molar-refractivity contribution < 1.29 is 31.1 Å². The van der Waals surface area contributed by atoms with E-state index in [9.17, 15) is 0 Å². The zero-order valence-electron chi connectivity index (χ0n) is 2.41. The van der Waals surface area contributed by atoms with Crippen molar-refractivity contribution in [2.45, 2.75) is 0 Å². The maximum atomic E-state index is 3.89. The van der Waals surface area contributed by atoms with Gasteiger partial charge in [0, 0.05) is 31.1 Å². The third-order valence-corrected chi connectivity index (χ3v) is 0. The average molecular weight is 317 g/mol. The number of hydrogen-bond acceptors (Lipinski definition) is 1. The molecular weight excluding hydrogens is 313 g/mol. The molecule has 0 aromatic heterocycles. The first-order chi connectivity index (χ1) is 1.00. The van der Waals surface area contributed by atoms with E-state index in [4.69, 9.17) is 0 Å². The molecule has 0 nitrogen and oxygen atoms in total. The first kappa shape index (κ1) is 17.6. The Morgan fingerprint density at radius 3 is 1.25 bits per heavy atom. The van der Waals surface area contributed by atoms with E-state index in [-0.39, 0.29) is 38.5 Å². The van der Waals surface area contributed by atoms with E-state index in [1.54, 1.807) is 0 Å². The van der Waals surface area contributed by atoms with Crippen LogP contribution in [0, 0.1) is 38.5 Å². The molecule has 0 aliphatic rings. The summed E-state index contributed by atoms with van der Waals surface area (Å²) in [5.41, 5.74) is 0. The van der Waals surface area contributed by atoms with Crippen molar-refractivity contribution in [1.82, 2.24) is 0 Å². The van der Waals surface area contributed by atoms with Gasteiger partial charge in [-0.2, -0.15) is 0 Å². The second-order valence-corrected chi connectivity index (χ2v) is 0. The smallest absolute Gasteiger partial charge is 0 e. The van der Waals surface area contributed by atoms with Gasteiger partial charge in [-0.1, -0.05) is 11.8 Å². The maximum Gasteiger partial charge on any atom is 0 e. The summed E-state index contributed by atoms with van der Waals surface area (Å²) >= 11 is 3.89. The van der Waals surface area contributed by atoms with Gasteiger partial charge in [0.1, 0.15) is 0 Å². The van der Waals surface area contributed by atoms with E-state index in [1.165, 1.54) is 0 Å². The van der Waals surface area contributed by atoms with Gasteiger partial charge in [-0.05, 0) is 8.02 Å². The minimum Gasteiger partial charge on any atom is -0.358 e. The first-order valence-electron chi connectivity index (χ1n) is 0.204. The normalized spacial score (nSPS) is 1.00. The fourth-order valence-electron chi connectivity index (χ4n) is 0. The van der Waals surface area contributed by atoms with Crippen LogP contribution in [-0.2, 0) is 11.8 Å². The Labute approximate surface area is 58.0 Å². The topological polar surface area (TPSA) is 0 Å². The average Bonchev–Trinajstić information content (AvgIpc) is 1.00. The fourth-order valence-corrected chi connectivity index (χ4v) is 0. The summed E-state index contributed by atoms with van der Waals surface area (Å²) in [5, 5.41) is 0. The summed E-state index contributed by atoms with van der Waals surface area (Å²) in [6.45, 7) is 0. The van der Waals surface area contributed by atoms with Gasteiger partial charge in [-0.25, -0.2) is 0 Å². The van der Waals surface area contributed by atoms with Gasteiger partial charge in [0.25, 0.3) is 0 Å². The molecule has 0 aromatic carbocycles. The molecule has 0 unspecified atom stereocenters. The minimum atomic E-state index is 0. The molecule has 0 saturated heterocycles. The molecule has 0 aliphatic carbocycles. The van der Waals surface area contributed by atoms with Gasteiger partial charge in [0.05, 0.1) is 0 Å². The summed E-state index contributed by atoms with van der Waals surface area (Å²) in [6.07, 6.45) is 0. The van der Waals surface area contributed by atoms with Gasteiger partial charge in [0.2, 0.25) is 0 Å². The van der Waals surface area contributed by atoms with Crippen molar-refractivity contribution in [3.05, 3.63) is 7.43 Å². The van der Waals surface area contributed by atoms with Crippen molar-refractivity contribution in [3.63, 3.8) is 0 Å². The molecule has 0 atom stereocenters. The Bertz CT molecular complexity index is 8.00. The van der Waals surface area contributed by atoms with Crippen molar-refractivity contribution in [3.8, 4) is 0 Å². The van der Waals surface area contributed by atoms with Gasteiger partial charge in [-0.15, -0.1) is 0 Å². The SMILES string of the molecule is P=S.[CH3-].[U]. The van der Waals surface area contributed by atoms with E-state index in [0.29, 0.717) is 0 Å². The molecule has 3 heteroatoms. The fraction of sp³-hybridized carbons (Fsp3) is 0. The van der Waals surface area contributed by atoms with Gasteiger partial charge >= 0.3 is 0 Å². The zero-order chi connectivity index (χ0) is 2.00. The third-order valence-electron chi connectivity index (χ3n) is 0. The van der Waals surface area contributed by atoms with Crippen molar-refractivity contribution in [2.75, 3.05) is 0 Å². The maximum absolute atomic E-state index is 3.89. The zero-order valence-corrected chi connectivity index (χ0v) is 8.39. The van der Waals surface area contributed by atoms with E-state index in [2.05, 4.69) is 19.8 Å². The van der Waals surface area contributed by atoms with Crippen LogP contribution >= 0.6 is 8.02 Å². The molecule has 0 amide bonds. The molecule has 0 saturated carbocycles. The molecule has 0 N–H and O–H groups in total. The Balaban J connectivity index is -0.00000000500. The van der Waals surface area contributed by atoms with E-state index < -0.39 is 0 Å². The molecule has 0 bridgehead atoms. The predicted octanol–water partition coefficient (Wildman–Crippen LogP) is 1.04. The minimum absolute atomic E-state index is 0. The Kier molecular flexibility index (Phi) is 104. The van der Waals surface area contributed by atoms with Gasteiger partial charge in [0.15, 0.2) is 0 Å². The quantitative estimate of drug-likeness (QED) is 0.475. The van der Waals surface area contributed by atoms with E-state index in [1.807, 2.05) is 0 Å². The molecule has 0 rings (SSSR count). The molecule has 0 spiro atoms. The molecule has 0 fully saturated rings. The Hall–Kier alpha value is 1.57. The number of rotatable bonds is 0. The molecule has 0 aromatic rings. The van der Waals surface area contributed by atoms with Crippen LogP contribution in [0.25, 0.3) is 0 Å². The summed E-state index contributed by atoms with van der Waals surface area (Å²) in [4.78, 5) is 0. The Morgan fingerprint density at radius 1 is 1.25 bits per heavy atom. The predicted molar refractivity (Wildman–Crippen MR) is 22.1 cm³/mol. The second-order valence-electron chi connectivity index (χ2n) is 0. The van der Waals surface area contributed by atoms with Gasteiger partial charge in [-0.3, -0.25) is 0 Å². The van der Waals surface area contributed by atoms with Crippen molar-refractivity contribution >= 4 is 19.8 Å².